The number of para-hydroxylation sites is 1. The van der Waals surface area contributed by atoms with Crippen molar-refractivity contribution in [3.05, 3.63) is 35.4 Å². The van der Waals surface area contributed by atoms with Gasteiger partial charge >= 0.3 is 0 Å². The highest BCUT2D eigenvalue weighted by Gasteiger charge is 2.32. The van der Waals surface area contributed by atoms with Crippen molar-refractivity contribution >= 4 is 46.4 Å². The van der Waals surface area contributed by atoms with Gasteiger partial charge in [0.1, 0.15) is 17.2 Å². The summed E-state index contributed by atoms with van der Waals surface area (Å²) in [4.78, 5) is 25.4. The largest absolute Gasteiger partial charge is 0.493 e. The molecule has 11 heteroatoms. The average Bonchev–Trinajstić information content (AvgIpc) is 2.78. The minimum Gasteiger partial charge on any atom is -0.493 e. The zero-order valence-corrected chi connectivity index (χ0v) is 20.4. The van der Waals surface area contributed by atoms with Crippen LogP contribution in [0.4, 0.5) is 11.4 Å². The fourth-order valence-electron chi connectivity index (χ4n) is 2.85. The topological polar surface area (TPSA) is 99.0 Å². The third-order valence-electron chi connectivity index (χ3n) is 4.28. The lowest BCUT2D eigenvalue weighted by Crippen LogP contribution is -2.36. The number of azo groups is 1. The van der Waals surface area contributed by atoms with Crippen LogP contribution in [0.25, 0.3) is 0 Å². The zero-order chi connectivity index (χ0) is 24.5. The van der Waals surface area contributed by atoms with Gasteiger partial charge < -0.3 is 18.9 Å². The van der Waals surface area contributed by atoms with Gasteiger partial charge in [0.05, 0.1) is 38.1 Å². The number of benzene rings is 2. The number of Topliss-reactive ketones (excluding diaryl/α,β-unsaturated/α-hetero) is 1. The summed E-state index contributed by atoms with van der Waals surface area (Å²) in [5.41, 5.74) is 0.422. The van der Waals surface area contributed by atoms with Crippen molar-refractivity contribution in [2.24, 2.45) is 10.2 Å². The number of ketones is 1. The third-order valence-corrected chi connectivity index (χ3v) is 4.89. The van der Waals surface area contributed by atoms with Gasteiger partial charge in [0, 0.05) is 17.8 Å². The normalized spacial score (nSPS) is 11.7. The second-order valence-corrected chi connectivity index (χ2v) is 7.23. The van der Waals surface area contributed by atoms with Crippen LogP contribution in [0.1, 0.15) is 20.8 Å². The van der Waals surface area contributed by atoms with Crippen LogP contribution in [-0.4, -0.2) is 45.2 Å². The van der Waals surface area contributed by atoms with E-state index in [1.165, 1.54) is 33.3 Å². The molecule has 2 aromatic rings. The molecule has 0 heterocycles. The molecule has 0 saturated carbocycles. The summed E-state index contributed by atoms with van der Waals surface area (Å²) < 4.78 is 22.3. The fraction of sp³-hybridized carbons (Fsp3) is 0.364. The molecule has 0 spiro atoms. The maximum atomic E-state index is 13.1. The molecule has 0 saturated heterocycles. The number of ether oxygens (including phenoxy) is 4. The molecule has 1 atom stereocenters. The highest BCUT2D eigenvalue weighted by Crippen LogP contribution is 2.41. The van der Waals surface area contributed by atoms with Crippen LogP contribution in [0.15, 0.2) is 40.6 Å². The highest BCUT2D eigenvalue weighted by molar-refractivity contribution is 6.40. The van der Waals surface area contributed by atoms with Crippen LogP contribution in [0.3, 0.4) is 0 Å². The average molecular weight is 498 g/mol. The van der Waals surface area contributed by atoms with Gasteiger partial charge in [-0.2, -0.15) is 10.2 Å². The van der Waals surface area contributed by atoms with E-state index in [4.69, 9.17) is 42.3 Å². The Labute approximate surface area is 202 Å². The van der Waals surface area contributed by atoms with Crippen molar-refractivity contribution in [1.82, 2.24) is 0 Å². The molecular formula is C22H25Cl2N3O6. The predicted octanol–water partition coefficient (Wildman–Crippen LogP) is 5.38. The summed E-state index contributed by atoms with van der Waals surface area (Å²) in [5, 5.41) is 8.15. The summed E-state index contributed by atoms with van der Waals surface area (Å²) in [7, 11) is 2.88. The molecule has 0 aromatic heterocycles. The monoisotopic (exact) mass is 497 g/mol. The molecule has 0 aliphatic heterocycles. The second kappa shape index (κ2) is 12.3. The van der Waals surface area contributed by atoms with Crippen LogP contribution in [-0.2, 0) is 9.59 Å². The first-order chi connectivity index (χ1) is 15.8. The minimum atomic E-state index is -1.52. The lowest BCUT2D eigenvalue weighted by atomic mass is 10.2. The Kier molecular flexibility index (Phi) is 9.74. The maximum Gasteiger partial charge on any atom is 0.276 e. The van der Waals surface area contributed by atoms with Gasteiger partial charge in [0.2, 0.25) is 6.04 Å². The molecule has 0 N–H and O–H groups in total. The number of rotatable bonds is 11. The number of carbonyl (C=O) groups is 2. The Bertz CT molecular complexity index is 1010. The van der Waals surface area contributed by atoms with Gasteiger partial charge in [0.25, 0.3) is 5.91 Å². The lowest BCUT2D eigenvalue weighted by molar-refractivity contribution is -0.126. The van der Waals surface area contributed by atoms with Crippen molar-refractivity contribution in [2.45, 2.75) is 26.8 Å². The minimum absolute atomic E-state index is 0.170. The molecule has 0 aliphatic carbocycles. The molecule has 0 aliphatic rings. The maximum absolute atomic E-state index is 13.1. The van der Waals surface area contributed by atoms with E-state index in [2.05, 4.69) is 10.2 Å². The van der Waals surface area contributed by atoms with Gasteiger partial charge in [-0.3, -0.25) is 9.59 Å². The van der Waals surface area contributed by atoms with E-state index < -0.39 is 17.7 Å². The number of halogens is 2. The van der Waals surface area contributed by atoms with Crippen molar-refractivity contribution in [1.29, 1.82) is 0 Å². The predicted molar refractivity (Wildman–Crippen MR) is 126 cm³/mol. The van der Waals surface area contributed by atoms with Crippen LogP contribution >= 0.6 is 23.4 Å². The number of carbonyl (C=O) groups excluding carboxylic acids is 2. The number of anilines is 1. The molecule has 2 aromatic carbocycles. The van der Waals surface area contributed by atoms with Gasteiger partial charge in [-0.15, -0.1) is 0 Å². The Morgan fingerprint density at radius 2 is 1.64 bits per heavy atom. The summed E-state index contributed by atoms with van der Waals surface area (Å²) in [6, 6.07) is 6.44. The standard InChI is InChI=1S/C22H25Cl2N3O6/c1-6-32-16-9-8-10-17(33-7-2)20(16)27(24)22(29)19(13(3)28)26-25-14-11-15(23)21(31-5)18(12-14)30-4/h8-12,19H,6-7H2,1-5H3. The summed E-state index contributed by atoms with van der Waals surface area (Å²) in [6.45, 7) is 5.46. The number of amides is 1. The van der Waals surface area contributed by atoms with E-state index in [0.29, 0.717) is 36.2 Å². The van der Waals surface area contributed by atoms with Crippen LogP contribution in [0.2, 0.25) is 5.02 Å². The van der Waals surface area contributed by atoms with Gasteiger partial charge in [-0.05, 0) is 39.0 Å². The molecule has 1 unspecified atom stereocenters. The zero-order valence-electron chi connectivity index (χ0n) is 18.9. The van der Waals surface area contributed by atoms with Gasteiger partial charge in [0.15, 0.2) is 17.3 Å². The number of nitrogens with zero attached hydrogens (tertiary/aromatic N) is 3. The Balaban J connectivity index is 2.42. The quantitative estimate of drug-likeness (QED) is 0.234. The van der Waals surface area contributed by atoms with Crippen molar-refractivity contribution in [2.75, 3.05) is 31.9 Å². The third kappa shape index (κ3) is 6.27. The number of hydrogen-bond acceptors (Lipinski definition) is 8. The van der Waals surface area contributed by atoms with E-state index in [0.717, 1.165) is 4.42 Å². The van der Waals surface area contributed by atoms with Gasteiger partial charge in [-0.1, -0.05) is 17.7 Å². The van der Waals surface area contributed by atoms with Crippen LogP contribution < -0.4 is 23.4 Å². The van der Waals surface area contributed by atoms with Crippen LogP contribution in [0.5, 0.6) is 23.0 Å². The molecule has 9 nitrogen and oxygen atoms in total. The van der Waals surface area contributed by atoms with E-state index in [1.54, 1.807) is 32.0 Å². The Morgan fingerprint density at radius 3 is 2.12 bits per heavy atom. The first-order valence-corrected chi connectivity index (χ1v) is 10.7. The van der Waals surface area contributed by atoms with Crippen molar-refractivity contribution in [3.63, 3.8) is 0 Å². The van der Waals surface area contributed by atoms with E-state index in [-0.39, 0.29) is 16.4 Å². The molecule has 33 heavy (non-hydrogen) atoms. The fourth-order valence-corrected chi connectivity index (χ4v) is 3.39. The molecule has 0 radical (unpaired) electrons. The molecule has 1 amide bonds. The summed E-state index contributed by atoms with van der Waals surface area (Å²) in [5.74, 6) is -0.119. The number of hydrogen-bond donors (Lipinski definition) is 0. The summed E-state index contributed by atoms with van der Waals surface area (Å²) in [6.07, 6.45) is 0. The van der Waals surface area contributed by atoms with Crippen LogP contribution in [0, 0.1) is 0 Å². The highest BCUT2D eigenvalue weighted by atomic mass is 35.5. The molecule has 2 rings (SSSR count). The van der Waals surface area contributed by atoms with Crippen molar-refractivity contribution in [3.8, 4) is 23.0 Å². The SMILES string of the molecule is CCOc1cccc(OCC)c1N(Cl)C(=O)C(N=Nc1cc(Cl)c(OC)c(OC)c1)C(C)=O. The lowest BCUT2D eigenvalue weighted by Gasteiger charge is -2.22. The Morgan fingerprint density at radius 1 is 1.03 bits per heavy atom. The Hall–Kier alpha value is -3.04. The second-order valence-electron chi connectivity index (χ2n) is 6.48. The van der Waals surface area contributed by atoms with E-state index in [1.807, 2.05) is 0 Å². The summed E-state index contributed by atoms with van der Waals surface area (Å²) >= 11 is 12.6. The molecule has 178 valence electrons. The molecule has 0 bridgehead atoms. The first kappa shape index (κ1) is 26.2. The molecule has 0 fully saturated rings. The number of methoxy groups -OCH3 is 2. The van der Waals surface area contributed by atoms with E-state index >= 15 is 0 Å². The van der Waals surface area contributed by atoms with Crippen molar-refractivity contribution < 1.29 is 28.5 Å². The molecular weight excluding hydrogens is 473 g/mol. The first-order valence-electron chi connectivity index (χ1n) is 10.00. The van der Waals surface area contributed by atoms with E-state index in [9.17, 15) is 9.59 Å². The van der Waals surface area contributed by atoms with Gasteiger partial charge in [-0.25, -0.2) is 4.42 Å². The smallest absolute Gasteiger partial charge is 0.276 e.